The van der Waals surface area contributed by atoms with E-state index < -0.39 is 11.4 Å². The van der Waals surface area contributed by atoms with Crippen molar-refractivity contribution in [1.82, 2.24) is 0 Å². The summed E-state index contributed by atoms with van der Waals surface area (Å²) in [5, 5.41) is 9.40. The molecule has 0 bridgehead atoms. The molecular weight excluding hydrogens is 232 g/mol. The molecule has 0 saturated heterocycles. The number of ether oxygens (including phenoxy) is 2. The summed E-state index contributed by atoms with van der Waals surface area (Å²) in [6.45, 7) is 2.02. The standard InChI is InChI=1S/C14H18O4/c1-4-9-7-11(17-2)12(18-3)8-10(9)14(5-6-14)13(15)16/h7-8H,4-6H2,1-3H3,(H,15,16). The van der Waals surface area contributed by atoms with Crippen molar-refractivity contribution in [2.75, 3.05) is 14.2 Å². The number of carboxylic acids is 1. The number of hydrogen-bond acceptors (Lipinski definition) is 3. The van der Waals surface area contributed by atoms with E-state index in [9.17, 15) is 9.90 Å². The molecule has 4 nitrogen and oxygen atoms in total. The maximum atomic E-state index is 11.4. The Labute approximate surface area is 107 Å². The number of hydrogen-bond donors (Lipinski definition) is 1. The van der Waals surface area contributed by atoms with Crippen LogP contribution in [-0.2, 0) is 16.6 Å². The minimum absolute atomic E-state index is 0.595. The molecule has 0 spiro atoms. The van der Waals surface area contributed by atoms with Gasteiger partial charge in [-0.3, -0.25) is 4.79 Å². The Morgan fingerprint density at radius 3 is 2.22 bits per heavy atom. The molecular formula is C14H18O4. The van der Waals surface area contributed by atoms with E-state index >= 15 is 0 Å². The molecule has 0 atom stereocenters. The predicted molar refractivity (Wildman–Crippen MR) is 67.5 cm³/mol. The van der Waals surface area contributed by atoms with Crippen LogP contribution in [0.1, 0.15) is 30.9 Å². The van der Waals surface area contributed by atoms with Gasteiger partial charge in [0.1, 0.15) is 0 Å². The van der Waals surface area contributed by atoms with Crippen LogP contribution in [0.15, 0.2) is 12.1 Å². The van der Waals surface area contributed by atoms with Crippen LogP contribution in [-0.4, -0.2) is 25.3 Å². The van der Waals surface area contributed by atoms with Crippen molar-refractivity contribution in [3.8, 4) is 11.5 Å². The fourth-order valence-corrected chi connectivity index (χ4v) is 2.38. The van der Waals surface area contributed by atoms with Crippen molar-refractivity contribution in [2.45, 2.75) is 31.6 Å². The van der Waals surface area contributed by atoms with Gasteiger partial charge in [0.2, 0.25) is 0 Å². The minimum atomic E-state index is -0.746. The number of carbonyl (C=O) groups is 1. The van der Waals surface area contributed by atoms with E-state index in [0.29, 0.717) is 24.3 Å². The molecule has 0 heterocycles. The Kier molecular flexibility index (Phi) is 3.20. The largest absolute Gasteiger partial charge is 0.493 e. The van der Waals surface area contributed by atoms with Gasteiger partial charge >= 0.3 is 5.97 Å². The zero-order valence-corrected chi connectivity index (χ0v) is 10.9. The Morgan fingerprint density at radius 1 is 1.28 bits per heavy atom. The van der Waals surface area contributed by atoms with E-state index in [2.05, 4.69) is 0 Å². The average molecular weight is 250 g/mol. The van der Waals surface area contributed by atoms with Gasteiger partial charge in [-0.2, -0.15) is 0 Å². The van der Waals surface area contributed by atoms with Gasteiger partial charge in [-0.1, -0.05) is 6.92 Å². The highest BCUT2D eigenvalue weighted by Gasteiger charge is 2.53. The summed E-state index contributed by atoms with van der Waals surface area (Å²) in [6.07, 6.45) is 2.18. The van der Waals surface area contributed by atoms with E-state index in [1.165, 1.54) is 0 Å². The second-order valence-electron chi connectivity index (χ2n) is 4.61. The molecule has 0 aromatic heterocycles. The fraction of sp³-hybridized carbons (Fsp3) is 0.500. The lowest BCUT2D eigenvalue weighted by Gasteiger charge is -2.18. The monoisotopic (exact) mass is 250 g/mol. The van der Waals surface area contributed by atoms with Gasteiger partial charge in [-0.05, 0) is 42.5 Å². The summed E-state index contributed by atoms with van der Waals surface area (Å²) >= 11 is 0. The molecule has 0 aliphatic heterocycles. The highest BCUT2D eigenvalue weighted by Crippen LogP contribution is 2.51. The van der Waals surface area contributed by atoms with Gasteiger partial charge in [0.25, 0.3) is 0 Å². The van der Waals surface area contributed by atoms with Gasteiger partial charge in [-0.15, -0.1) is 0 Å². The topological polar surface area (TPSA) is 55.8 Å². The number of aryl methyl sites for hydroxylation is 1. The van der Waals surface area contributed by atoms with Crippen LogP contribution >= 0.6 is 0 Å². The lowest BCUT2D eigenvalue weighted by atomic mass is 9.89. The summed E-state index contributed by atoms with van der Waals surface area (Å²) < 4.78 is 10.5. The van der Waals surface area contributed by atoms with Crippen LogP contribution in [0, 0.1) is 0 Å². The molecule has 1 N–H and O–H groups in total. The molecule has 1 aliphatic carbocycles. The summed E-state index contributed by atoms with van der Waals surface area (Å²) in [7, 11) is 3.15. The number of rotatable bonds is 5. The summed E-state index contributed by atoms with van der Waals surface area (Å²) in [6, 6.07) is 3.70. The van der Waals surface area contributed by atoms with Crippen LogP contribution in [0.3, 0.4) is 0 Å². The number of carboxylic acid groups (broad SMARTS) is 1. The van der Waals surface area contributed by atoms with E-state index in [0.717, 1.165) is 17.5 Å². The first-order valence-corrected chi connectivity index (χ1v) is 6.07. The Bertz CT molecular complexity index is 475. The van der Waals surface area contributed by atoms with E-state index in [1.54, 1.807) is 14.2 Å². The third kappa shape index (κ3) is 1.82. The van der Waals surface area contributed by atoms with Crippen molar-refractivity contribution in [3.05, 3.63) is 23.3 Å². The number of benzene rings is 1. The lowest BCUT2D eigenvalue weighted by molar-refractivity contribution is -0.140. The first-order valence-electron chi connectivity index (χ1n) is 6.07. The van der Waals surface area contributed by atoms with Gasteiger partial charge < -0.3 is 14.6 Å². The van der Waals surface area contributed by atoms with Crippen LogP contribution in [0.25, 0.3) is 0 Å². The molecule has 1 aliphatic rings. The Morgan fingerprint density at radius 2 is 1.83 bits per heavy atom. The molecule has 0 radical (unpaired) electrons. The van der Waals surface area contributed by atoms with Crippen molar-refractivity contribution in [2.24, 2.45) is 0 Å². The van der Waals surface area contributed by atoms with Crippen molar-refractivity contribution >= 4 is 5.97 Å². The van der Waals surface area contributed by atoms with Gasteiger partial charge in [0.15, 0.2) is 11.5 Å². The lowest BCUT2D eigenvalue weighted by Crippen LogP contribution is -2.21. The molecule has 1 saturated carbocycles. The molecule has 98 valence electrons. The van der Waals surface area contributed by atoms with Crippen LogP contribution < -0.4 is 9.47 Å². The van der Waals surface area contributed by atoms with Crippen molar-refractivity contribution in [1.29, 1.82) is 0 Å². The van der Waals surface area contributed by atoms with E-state index in [4.69, 9.17) is 9.47 Å². The van der Waals surface area contributed by atoms with E-state index in [-0.39, 0.29) is 0 Å². The predicted octanol–water partition coefficient (Wildman–Crippen LogP) is 2.38. The Hall–Kier alpha value is -1.71. The molecule has 4 heteroatoms. The minimum Gasteiger partial charge on any atom is -0.493 e. The maximum Gasteiger partial charge on any atom is 0.314 e. The highest BCUT2D eigenvalue weighted by molar-refractivity contribution is 5.86. The summed E-state index contributed by atoms with van der Waals surface area (Å²) in [5.74, 6) is 0.501. The number of aliphatic carboxylic acids is 1. The second-order valence-corrected chi connectivity index (χ2v) is 4.61. The number of methoxy groups -OCH3 is 2. The third-order valence-electron chi connectivity index (χ3n) is 3.67. The highest BCUT2D eigenvalue weighted by atomic mass is 16.5. The van der Waals surface area contributed by atoms with Gasteiger partial charge in [0.05, 0.1) is 19.6 Å². The van der Waals surface area contributed by atoms with Crippen LogP contribution in [0.2, 0.25) is 0 Å². The third-order valence-corrected chi connectivity index (χ3v) is 3.67. The fourth-order valence-electron chi connectivity index (χ4n) is 2.38. The Balaban J connectivity index is 2.56. The van der Waals surface area contributed by atoms with E-state index in [1.807, 2.05) is 19.1 Å². The zero-order chi connectivity index (χ0) is 13.3. The molecule has 2 rings (SSSR count). The molecule has 18 heavy (non-hydrogen) atoms. The van der Waals surface area contributed by atoms with Gasteiger partial charge in [-0.25, -0.2) is 0 Å². The van der Waals surface area contributed by atoms with Crippen molar-refractivity contribution < 1.29 is 19.4 Å². The summed E-state index contributed by atoms with van der Waals surface area (Å²) in [4.78, 5) is 11.4. The zero-order valence-electron chi connectivity index (χ0n) is 10.9. The SMILES string of the molecule is CCc1cc(OC)c(OC)cc1C1(C(=O)O)CC1. The molecule has 1 aromatic carbocycles. The molecule has 0 unspecified atom stereocenters. The molecule has 1 fully saturated rings. The summed E-state index contributed by atoms with van der Waals surface area (Å²) in [5.41, 5.74) is 1.19. The van der Waals surface area contributed by atoms with Crippen LogP contribution in [0.5, 0.6) is 11.5 Å². The quantitative estimate of drug-likeness (QED) is 0.871. The smallest absolute Gasteiger partial charge is 0.314 e. The molecule has 0 amide bonds. The average Bonchev–Trinajstić information content (AvgIpc) is 3.18. The first kappa shape index (κ1) is 12.7. The molecule has 1 aromatic rings. The van der Waals surface area contributed by atoms with Crippen LogP contribution in [0.4, 0.5) is 0 Å². The van der Waals surface area contributed by atoms with Gasteiger partial charge in [0, 0.05) is 0 Å². The first-order chi connectivity index (χ1) is 8.58. The second kappa shape index (κ2) is 4.52. The normalized spacial score (nSPS) is 16.2. The maximum absolute atomic E-state index is 11.4. The van der Waals surface area contributed by atoms with Crippen molar-refractivity contribution in [3.63, 3.8) is 0 Å².